The van der Waals surface area contributed by atoms with Gasteiger partial charge in [-0.1, -0.05) is 50.3 Å². The van der Waals surface area contributed by atoms with Gasteiger partial charge in [0.2, 0.25) is 0 Å². The smallest absolute Gasteiger partial charge is 0.265 e. The standard InChI is InChI=1S/C15H12N2O.C2H6/c1-2-11(10-16)15(18)17-14-8-7-12-5-3-4-6-13(12)9-14;1-2/h2-9H,1H3,(H,17,18);1-2H3/b11-2-;. The molecule has 0 atom stereocenters. The summed E-state index contributed by atoms with van der Waals surface area (Å²) in [7, 11) is 0. The number of carbonyl (C=O) groups is 1. The first-order valence-electron chi connectivity index (χ1n) is 6.61. The highest BCUT2D eigenvalue weighted by Crippen LogP contribution is 2.19. The Balaban J connectivity index is 0.000000956. The molecule has 0 radical (unpaired) electrons. The highest BCUT2D eigenvalue weighted by Gasteiger charge is 2.07. The molecule has 2 aromatic rings. The van der Waals surface area contributed by atoms with Gasteiger partial charge in [0.25, 0.3) is 5.91 Å². The number of rotatable bonds is 2. The molecule has 0 saturated carbocycles. The molecule has 102 valence electrons. The summed E-state index contributed by atoms with van der Waals surface area (Å²) >= 11 is 0. The Morgan fingerprint density at radius 3 is 2.40 bits per heavy atom. The maximum atomic E-state index is 11.7. The van der Waals surface area contributed by atoms with E-state index in [1.165, 1.54) is 6.08 Å². The average molecular weight is 266 g/mol. The number of nitrogens with zero attached hydrogens (tertiary/aromatic N) is 1. The molecule has 0 aromatic heterocycles. The number of fused-ring (bicyclic) bond motifs is 1. The van der Waals surface area contributed by atoms with Crippen molar-refractivity contribution in [2.45, 2.75) is 20.8 Å². The molecule has 0 saturated heterocycles. The third-order valence-corrected chi connectivity index (χ3v) is 2.66. The Labute approximate surface area is 119 Å². The van der Waals surface area contributed by atoms with Gasteiger partial charge in [0, 0.05) is 5.69 Å². The van der Waals surface area contributed by atoms with E-state index in [1.54, 1.807) is 6.92 Å². The zero-order valence-corrected chi connectivity index (χ0v) is 12.0. The number of allylic oxidation sites excluding steroid dienone is 1. The van der Waals surface area contributed by atoms with Crippen LogP contribution in [0.25, 0.3) is 10.8 Å². The predicted octanol–water partition coefficient (Wildman–Crippen LogP) is 4.27. The number of nitrogens with one attached hydrogen (secondary N) is 1. The van der Waals surface area contributed by atoms with Gasteiger partial charge in [-0.2, -0.15) is 5.26 Å². The Morgan fingerprint density at radius 1 is 1.15 bits per heavy atom. The molecule has 2 rings (SSSR count). The van der Waals surface area contributed by atoms with Gasteiger partial charge in [-0.05, 0) is 29.8 Å². The maximum Gasteiger partial charge on any atom is 0.265 e. The van der Waals surface area contributed by atoms with E-state index in [0.29, 0.717) is 5.69 Å². The Kier molecular flexibility index (Phi) is 5.99. The summed E-state index contributed by atoms with van der Waals surface area (Å²) in [5, 5.41) is 13.6. The van der Waals surface area contributed by atoms with Crippen LogP contribution >= 0.6 is 0 Å². The van der Waals surface area contributed by atoms with E-state index >= 15 is 0 Å². The Morgan fingerprint density at radius 2 is 1.80 bits per heavy atom. The summed E-state index contributed by atoms with van der Waals surface area (Å²) in [5.74, 6) is -0.379. The van der Waals surface area contributed by atoms with Gasteiger partial charge in [-0.3, -0.25) is 4.79 Å². The van der Waals surface area contributed by atoms with Crippen LogP contribution in [0, 0.1) is 11.3 Å². The number of anilines is 1. The maximum absolute atomic E-state index is 11.7. The van der Waals surface area contributed by atoms with E-state index in [4.69, 9.17) is 5.26 Å². The first-order valence-corrected chi connectivity index (χ1v) is 6.61. The molecule has 0 aliphatic carbocycles. The second-order valence-electron chi connectivity index (χ2n) is 3.83. The summed E-state index contributed by atoms with van der Waals surface area (Å²) in [6.07, 6.45) is 1.50. The van der Waals surface area contributed by atoms with Crippen molar-refractivity contribution in [1.82, 2.24) is 0 Å². The van der Waals surface area contributed by atoms with Gasteiger partial charge >= 0.3 is 0 Å². The summed E-state index contributed by atoms with van der Waals surface area (Å²) in [6.45, 7) is 5.67. The number of benzene rings is 2. The lowest BCUT2D eigenvalue weighted by Gasteiger charge is -2.05. The van der Waals surface area contributed by atoms with Crippen molar-refractivity contribution < 1.29 is 4.79 Å². The number of nitriles is 1. The lowest BCUT2D eigenvalue weighted by Crippen LogP contribution is -2.13. The van der Waals surface area contributed by atoms with Crippen LogP contribution < -0.4 is 5.32 Å². The van der Waals surface area contributed by atoms with Crippen molar-refractivity contribution in [2.24, 2.45) is 0 Å². The molecular formula is C17H18N2O. The highest BCUT2D eigenvalue weighted by molar-refractivity contribution is 6.07. The van der Waals surface area contributed by atoms with Crippen molar-refractivity contribution >= 4 is 22.4 Å². The Hall–Kier alpha value is -2.60. The second-order valence-corrected chi connectivity index (χ2v) is 3.83. The third kappa shape index (κ3) is 3.69. The van der Waals surface area contributed by atoms with Gasteiger partial charge in [0.1, 0.15) is 11.6 Å². The molecule has 3 nitrogen and oxygen atoms in total. The first-order chi connectivity index (χ1) is 9.74. The van der Waals surface area contributed by atoms with Crippen molar-refractivity contribution in [2.75, 3.05) is 5.32 Å². The van der Waals surface area contributed by atoms with E-state index in [9.17, 15) is 4.79 Å². The molecule has 3 heteroatoms. The molecular weight excluding hydrogens is 248 g/mol. The van der Waals surface area contributed by atoms with E-state index in [-0.39, 0.29) is 11.5 Å². The minimum Gasteiger partial charge on any atom is -0.321 e. The van der Waals surface area contributed by atoms with Crippen molar-refractivity contribution in [3.8, 4) is 6.07 Å². The predicted molar refractivity (Wildman–Crippen MR) is 83.3 cm³/mol. The molecule has 0 spiro atoms. The zero-order valence-electron chi connectivity index (χ0n) is 12.0. The molecule has 20 heavy (non-hydrogen) atoms. The number of amides is 1. The van der Waals surface area contributed by atoms with Crippen LogP contribution in [0.5, 0.6) is 0 Å². The van der Waals surface area contributed by atoms with Crippen LogP contribution in [0.15, 0.2) is 54.1 Å². The third-order valence-electron chi connectivity index (χ3n) is 2.66. The molecule has 1 amide bonds. The number of carbonyl (C=O) groups excluding carboxylic acids is 1. The largest absolute Gasteiger partial charge is 0.321 e. The van der Waals surface area contributed by atoms with Crippen LogP contribution in [0.1, 0.15) is 20.8 Å². The van der Waals surface area contributed by atoms with Crippen molar-refractivity contribution in [1.29, 1.82) is 5.26 Å². The number of hydrogen-bond donors (Lipinski definition) is 1. The molecule has 0 bridgehead atoms. The van der Waals surface area contributed by atoms with Crippen LogP contribution in [0.2, 0.25) is 0 Å². The SMILES string of the molecule is C/C=C(/C#N)C(=O)Nc1ccc2ccccc2c1.CC. The molecule has 0 heterocycles. The van der Waals surface area contributed by atoms with E-state index in [1.807, 2.05) is 62.4 Å². The molecule has 0 unspecified atom stereocenters. The monoisotopic (exact) mass is 266 g/mol. The van der Waals surface area contributed by atoms with Gasteiger partial charge < -0.3 is 5.32 Å². The van der Waals surface area contributed by atoms with Gasteiger partial charge in [-0.25, -0.2) is 0 Å². The van der Waals surface area contributed by atoms with Gasteiger partial charge in [0.15, 0.2) is 0 Å². The van der Waals surface area contributed by atoms with Gasteiger partial charge in [0.05, 0.1) is 0 Å². The Bertz CT molecular complexity index is 666. The number of hydrogen-bond acceptors (Lipinski definition) is 2. The summed E-state index contributed by atoms with van der Waals surface area (Å²) in [4.78, 5) is 11.7. The minimum atomic E-state index is -0.379. The lowest BCUT2D eigenvalue weighted by molar-refractivity contribution is -0.112. The topological polar surface area (TPSA) is 52.9 Å². The van der Waals surface area contributed by atoms with E-state index in [2.05, 4.69) is 5.32 Å². The van der Waals surface area contributed by atoms with Crippen molar-refractivity contribution in [3.05, 3.63) is 54.1 Å². The summed E-state index contributed by atoms with van der Waals surface area (Å²) in [5.41, 5.74) is 0.802. The fraction of sp³-hybridized carbons (Fsp3) is 0.176. The van der Waals surface area contributed by atoms with E-state index < -0.39 is 0 Å². The summed E-state index contributed by atoms with van der Waals surface area (Å²) < 4.78 is 0. The molecule has 1 N–H and O–H groups in total. The summed E-state index contributed by atoms with van der Waals surface area (Å²) in [6, 6.07) is 15.4. The first kappa shape index (κ1) is 15.5. The second kappa shape index (κ2) is 7.75. The molecule has 0 aliphatic heterocycles. The van der Waals surface area contributed by atoms with E-state index in [0.717, 1.165) is 10.8 Å². The normalized spacial score (nSPS) is 10.2. The van der Waals surface area contributed by atoms with Crippen molar-refractivity contribution in [3.63, 3.8) is 0 Å². The van der Waals surface area contributed by atoms with Crippen LogP contribution in [0.4, 0.5) is 5.69 Å². The molecule has 0 fully saturated rings. The highest BCUT2D eigenvalue weighted by atomic mass is 16.1. The lowest BCUT2D eigenvalue weighted by atomic mass is 10.1. The van der Waals surface area contributed by atoms with Crippen LogP contribution in [-0.4, -0.2) is 5.91 Å². The fourth-order valence-electron chi connectivity index (χ4n) is 1.71. The molecule has 0 aliphatic rings. The van der Waals surface area contributed by atoms with Gasteiger partial charge in [-0.15, -0.1) is 0 Å². The van der Waals surface area contributed by atoms with Crippen LogP contribution in [-0.2, 0) is 4.79 Å². The quantitative estimate of drug-likeness (QED) is 0.651. The van der Waals surface area contributed by atoms with Crippen LogP contribution in [0.3, 0.4) is 0 Å². The fourth-order valence-corrected chi connectivity index (χ4v) is 1.71. The average Bonchev–Trinajstić information content (AvgIpc) is 2.50. The minimum absolute atomic E-state index is 0.114. The zero-order chi connectivity index (χ0) is 15.0. The molecule has 2 aromatic carbocycles.